The minimum Gasteiger partial charge on any atom is -0.351 e. The number of hydrogen-bond acceptors (Lipinski definition) is 4. The Kier molecular flexibility index (Phi) is 4.78. The standard InChI is InChI=1S/C19H25N5O/c25-19(18-9-14-5-3-4-8-17(14)23-18)21-10-15-6-1-2-7-16(15)11-24-13-20-12-22-24/h1-2,6-7,12-14,17-18,23H,3-5,8-11H2,(H,21,25). The average molecular weight is 339 g/mol. The van der Waals surface area contributed by atoms with Crippen LogP contribution in [0.25, 0.3) is 0 Å². The van der Waals surface area contributed by atoms with E-state index < -0.39 is 0 Å². The normalized spacial score (nSPS) is 25.5. The van der Waals surface area contributed by atoms with Crippen LogP contribution >= 0.6 is 0 Å². The van der Waals surface area contributed by atoms with E-state index in [1.165, 1.54) is 32.0 Å². The molecule has 25 heavy (non-hydrogen) atoms. The highest BCUT2D eigenvalue weighted by Crippen LogP contribution is 2.33. The van der Waals surface area contributed by atoms with E-state index >= 15 is 0 Å². The predicted molar refractivity (Wildman–Crippen MR) is 94.7 cm³/mol. The average Bonchev–Trinajstić information content (AvgIpc) is 3.30. The summed E-state index contributed by atoms with van der Waals surface area (Å²) in [6, 6.07) is 8.68. The van der Waals surface area contributed by atoms with Crippen LogP contribution in [0.15, 0.2) is 36.9 Å². The molecule has 132 valence electrons. The maximum absolute atomic E-state index is 12.6. The first-order chi connectivity index (χ1) is 12.3. The van der Waals surface area contributed by atoms with Crippen molar-refractivity contribution in [3.05, 3.63) is 48.0 Å². The summed E-state index contributed by atoms with van der Waals surface area (Å²) in [4.78, 5) is 16.6. The molecule has 1 amide bonds. The number of benzene rings is 1. The highest BCUT2D eigenvalue weighted by Gasteiger charge is 2.37. The second-order valence-electron chi connectivity index (χ2n) is 7.19. The van der Waals surface area contributed by atoms with E-state index in [0.717, 1.165) is 17.5 Å². The minimum absolute atomic E-state index is 0.0319. The van der Waals surface area contributed by atoms with Crippen LogP contribution in [0.1, 0.15) is 43.2 Å². The predicted octanol–water partition coefficient (Wildman–Crippen LogP) is 1.86. The Hall–Kier alpha value is -2.21. The van der Waals surface area contributed by atoms with Gasteiger partial charge < -0.3 is 10.6 Å². The molecule has 3 atom stereocenters. The first-order valence-corrected chi connectivity index (χ1v) is 9.22. The first-order valence-electron chi connectivity index (χ1n) is 9.22. The molecule has 4 rings (SSSR count). The third kappa shape index (κ3) is 3.74. The Labute approximate surface area is 148 Å². The van der Waals surface area contributed by atoms with Crippen molar-refractivity contribution in [2.75, 3.05) is 0 Å². The number of hydrogen-bond donors (Lipinski definition) is 2. The SMILES string of the molecule is O=C(NCc1ccccc1Cn1cncn1)C1CC2CCCCC2N1. The molecule has 0 radical (unpaired) electrons. The number of fused-ring (bicyclic) bond motifs is 1. The van der Waals surface area contributed by atoms with Gasteiger partial charge in [0.1, 0.15) is 12.7 Å². The van der Waals surface area contributed by atoms with E-state index in [1.807, 2.05) is 12.1 Å². The van der Waals surface area contributed by atoms with Crippen molar-refractivity contribution in [2.24, 2.45) is 5.92 Å². The van der Waals surface area contributed by atoms with E-state index in [4.69, 9.17) is 0 Å². The van der Waals surface area contributed by atoms with E-state index in [1.54, 1.807) is 11.0 Å². The van der Waals surface area contributed by atoms with Crippen LogP contribution in [0.3, 0.4) is 0 Å². The second kappa shape index (κ2) is 7.35. The maximum atomic E-state index is 12.6. The summed E-state index contributed by atoms with van der Waals surface area (Å²) < 4.78 is 1.80. The molecular weight excluding hydrogens is 314 g/mol. The number of amides is 1. The van der Waals surface area contributed by atoms with E-state index in [-0.39, 0.29) is 11.9 Å². The molecule has 2 N–H and O–H groups in total. The largest absolute Gasteiger partial charge is 0.351 e. The van der Waals surface area contributed by atoms with Gasteiger partial charge in [-0.05, 0) is 36.3 Å². The quantitative estimate of drug-likeness (QED) is 0.872. The molecule has 1 aliphatic carbocycles. The highest BCUT2D eigenvalue weighted by atomic mass is 16.2. The zero-order valence-corrected chi connectivity index (χ0v) is 14.4. The molecule has 1 aliphatic heterocycles. The molecule has 1 aromatic carbocycles. The zero-order valence-electron chi connectivity index (χ0n) is 14.4. The van der Waals surface area contributed by atoms with Crippen molar-refractivity contribution >= 4 is 5.91 Å². The lowest BCUT2D eigenvalue weighted by atomic mass is 9.85. The molecule has 2 aromatic rings. The van der Waals surface area contributed by atoms with Gasteiger partial charge in [-0.25, -0.2) is 9.67 Å². The molecule has 6 heteroatoms. The number of carbonyl (C=O) groups is 1. The van der Waals surface area contributed by atoms with Crippen LogP contribution < -0.4 is 10.6 Å². The number of aromatic nitrogens is 3. The van der Waals surface area contributed by atoms with Crippen molar-refractivity contribution in [1.29, 1.82) is 0 Å². The van der Waals surface area contributed by atoms with Crippen LogP contribution in [0.2, 0.25) is 0 Å². The van der Waals surface area contributed by atoms with Crippen LogP contribution in [0.4, 0.5) is 0 Å². The van der Waals surface area contributed by atoms with Gasteiger partial charge in [-0.1, -0.05) is 37.1 Å². The Morgan fingerprint density at radius 1 is 1.24 bits per heavy atom. The molecule has 0 spiro atoms. The monoisotopic (exact) mass is 339 g/mol. The molecule has 1 aromatic heterocycles. The lowest BCUT2D eigenvalue weighted by Crippen LogP contribution is -2.43. The van der Waals surface area contributed by atoms with Gasteiger partial charge in [0.2, 0.25) is 5.91 Å². The van der Waals surface area contributed by atoms with Crippen LogP contribution in [-0.4, -0.2) is 32.8 Å². The van der Waals surface area contributed by atoms with E-state index in [2.05, 4.69) is 32.8 Å². The number of nitrogens with zero attached hydrogens (tertiary/aromatic N) is 3. The van der Waals surface area contributed by atoms with Gasteiger partial charge in [-0.3, -0.25) is 4.79 Å². The minimum atomic E-state index is -0.0319. The van der Waals surface area contributed by atoms with Crippen LogP contribution in [-0.2, 0) is 17.9 Å². The fourth-order valence-electron chi connectivity index (χ4n) is 4.20. The van der Waals surface area contributed by atoms with Crippen molar-refractivity contribution in [2.45, 2.75) is 57.3 Å². The van der Waals surface area contributed by atoms with Gasteiger partial charge in [0.25, 0.3) is 0 Å². The molecule has 0 bridgehead atoms. The summed E-state index contributed by atoms with van der Waals surface area (Å²) in [5.74, 6) is 0.814. The van der Waals surface area contributed by atoms with Gasteiger partial charge in [-0.15, -0.1) is 0 Å². The summed E-state index contributed by atoms with van der Waals surface area (Å²) in [6.45, 7) is 1.22. The number of carbonyl (C=O) groups excluding carboxylic acids is 1. The van der Waals surface area contributed by atoms with Crippen molar-refractivity contribution in [1.82, 2.24) is 25.4 Å². The van der Waals surface area contributed by atoms with E-state index in [0.29, 0.717) is 25.0 Å². The summed E-state index contributed by atoms with van der Waals surface area (Å²) in [7, 11) is 0. The van der Waals surface area contributed by atoms with Crippen LogP contribution in [0.5, 0.6) is 0 Å². The Bertz CT molecular complexity index is 700. The summed E-state index contributed by atoms with van der Waals surface area (Å²) in [5, 5.41) is 10.8. The highest BCUT2D eigenvalue weighted by molar-refractivity contribution is 5.82. The summed E-state index contributed by atoms with van der Waals surface area (Å²) in [5.41, 5.74) is 2.28. The fourth-order valence-corrected chi connectivity index (χ4v) is 4.20. The van der Waals surface area contributed by atoms with Crippen molar-refractivity contribution in [3.63, 3.8) is 0 Å². The molecular formula is C19H25N5O. The first kappa shape index (κ1) is 16.3. The Morgan fingerprint density at radius 2 is 2.08 bits per heavy atom. The molecule has 2 aliphatic rings. The van der Waals surface area contributed by atoms with Gasteiger partial charge in [0.15, 0.2) is 0 Å². The second-order valence-corrected chi connectivity index (χ2v) is 7.19. The van der Waals surface area contributed by atoms with Gasteiger partial charge in [0, 0.05) is 12.6 Å². The third-order valence-corrected chi connectivity index (χ3v) is 5.55. The van der Waals surface area contributed by atoms with E-state index in [9.17, 15) is 4.79 Å². The summed E-state index contributed by atoms with van der Waals surface area (Å²) >= 11 is 0. The lowest BCUT2D eigenvalue weighted by Gasteiger charge is -2.24. The van der Waals surface area contributed by atoms with Gasteiger partial charge in [0.05, 0.1) is 12.6 Å². The van der Waals surface area contributed by atoms with Crippen molar-refractivity contribution < 1.29 is 4.79 Å². The smallest absolute Gasteiger partial charge is 0.237 e. The molecule has 2 fully saturated rings. The number of rotatable bonds is 5. The van der Waals surface area contributed by atoms with Gasteiger partial charge in [-0.2, -0.15) is 5.10 Å². The van der Waals surface area contributed by atoms with Gasteiger partial charge >= 0.3 is 0 Å². The van der Waals surface area contributed by atoms with Crippen LogP contribution in [0, 0.1) is 5.92 Å². The molecule has 1 saturated heterocycles. The number of nitrogens with one attached hydrogen (secondary N) is 2. The molecule has 1 saturated carbocycles. The lowest BCUT2D eigenvalue weighted by molar-refractivity contribution is -0.123. The molecule has 6 nitrogen and oxygen atoms in total. The zero-order chi connectivity index (χ0) is 17.1. The molecule has 3 unspecified atom stereocenters. The maximum Gasteiger partial charge on any atom is 0.237 e. The van der Waals surface area contributed by atoms with Crippen molar-refractivity contribution in [3.8, 4) is 0 Å². The molecule has 2 heterocycles. The Balaban J connectivity index is 1.36. The fraction of sp³-hybridized carbons (Fsp3) is 0.526. The Morgan fingerprint density at radius 3 is 2.88 bits per heavy atom. The summed E-state index contributed by atoms with van der Waals surface area (Å²) in [6.07, 6.45) is 9.31. The topological polar surface area (TPSA) is 71.8 Å². The third-order valence-electron chi connectivity index (χ3n) is 5.55.